The lowest BCUT2D eigenvalue weighted by Crippen LogP contribution is -2.50. The van der Waals surface area contributed by atoms with E-state index in [2.05, 4.69) is 5.32 Å². The number of fused-ring (bicyclic) bond motifs is 1. The van der Waals surface area contributed by atoms with Crippen molar-refractivity contribution >= 4 is 23.5 Å². The summed E-state index contributed by atoms with van der Waals surface area (Å²) >= 11 is 0. The van der Waals surface area contributed by atoms with Gasteiger partial charge in [-0.3, -0.25) is 9.59 Å². The number of amides is 2. The number of carbonyl (C=O) groups is 3. The van der Waals surface area contributed by atoms with Gasteiger partial charge in [0, 0.05) is 18.7 Å². The summed E-state index contributed by atoms with van der Waals surface area (Å²) in [4.78, 5) is 38.5. The molecule has 0 radical (unpaired) electrons. The number of anilines is 1. The highest BCUT2D eigenvalue weighted by Crippen LogP contribution is 2.34. The van der Waals surface area contributed by atoms with E-state index in [-0.39, 0.29) is 24.2 Å². The summed E-state index contributed by atoms with van der Waals surface area (Å²) in [6.45, 7) is 0.527. The number of methoxy groups -OCH3 is 1. The van der Waals surface area contributed by atoms with Gasteiger partial charge in [0.25, 0.3) is 0 Å². The van der Waals surface area contributed by atoms with Gasteiger partial charge >= 0.3 is 5.97 Å². The predicted octanol–water partition coefficient (Wildman–Crippen LogP) is 1.67. The van der Waals surface area contributed by atoms with E-state index < -0.39 is 12.0 Å². The van der Waals surface area contributed by atoms with Gasteiger partial charge in [-0.1, -0.05) is 18.2 Å². The van der Waals surface area contributed by atoms with Crippen molar-refractivity contribution in [2.24, 2.45) is 0 Å². The van der Waals surface area contributed by atoms with E-state index >= 15 is 0 Å². The number of nitrogens with one attached hydrogen (secondary N) is 1. The first-order chi connectivity index (χ1) is 11.1. The van der Waals surface area contributed by atoms with E-state index in [1.54, 1.807) is 11.0 Å². The number of rotatable bonds is 2. The minimum absolute atomic E-state index is 0.111. The Hall–Kier alpha value is -2.37. The zero-order chi connectivity index (χ0) is 16.4. The molecule has 6 heteroatoms. The number of hydrogen-bond acceptors (Lipinski definition) is 4. The Morgan fingerprint density at radius 2 is 2.04 bits per heavy atom. The highest BCUT2D eigenvalue weighted by molar-refractivity contribution is 6.01. The number of hydrogen-bond donors (Lipinski definition) is 1. The van der Waals surface area contributed by atoms with Gasteiger partial charge in [-0.2, -0.15) is 0 Å². The number of para-hydroxylation sites is 1. The molecule has 122 valence electrons. The van der Waals surface area contributed by atoms with Crippen molar-refractivity contribution in [1.29, 1.82) is 0 Å². The fourth-order valence-electron chi connectivity index (χ4n) is 3.41. The number of esters is 1. The maximum Gasteiger partial charge on any atom is 0.328 e. The van der Waals surface area contributed by atoms with Crippen LogP contribution in [-0.2, 0) is 19.1 Å². The van der Waals surface area contributed by atoms with Crippen LogP contribution in [0.2, 0.25) is 0 Å². The summed E-state index contributed by atoms with van der Waals surface area (Å²) in [5.41, 5.74) is 1.49. The molecule has 1 aromatic carbocycles. The van der Waals surface area contributed by atoms with Crippen molar-refractivity contribution in [3.8, 4) is 0 Å². The van der Waals surface area contributed by atoms with Crippen LogP contribution in [0.4, 0.5) is 5.69 Å². The lowest BCUT2D eigenvalue weighted by molar-refractivity contribution is -0.155. The summed E-state index contributed by atoms with van der Waals surface area (Å²) < 4.78 is 4.84. The zero-order valence-corrected chi connectivity index (χ0v) is 13.1. The number of likely N-dealkylation sites (tertiary alicyclic amines) is 1. The number of piperidine rings is 1. The third kappa shape index (κ3) is 2.93. The molecule has 2 heterocycles. The Balaban J connectivity index is 1.90. The van der Waals surface area contributed by atoms with E-state index in [4.69, 9.17) is 4.74 Å². The molecule has 2 atom stereocenters. The maximum absolute atomic E-state index is 13.0. The topological polar surface area (TPSA) is 75.7 Å². The van der Waals surface area contributed by atoms with Gasteiger partial charge in [-0.25, -0.2) is 4.79 Å². The largest absolute Gasteiger partial charge is 0.467 e. The summed E-state index contributed by atoms with van der Waals surface area (Å²) in [5.74, 6) is -1.26. The van der Waals surface area contributed by atoms with Crippen LogP contribution in [0.15, 0.2) is 24.3 Å². The van der Waals surface area contributed by atoms with E-state index in [0.717, 1.165) is 18.4 Å². The highest BCUT2D eigenvalue weighted by Gasteiger charge is 2.39. The maximum atomic E-state index is 13.0. The zero-order valence-electron chi connectivity index (χ0n) is 13.1. The first kappa shape index (κ1) is 15.5. The summed E-state index contributed by atoms with van der Waals surface area (Å²) in [6.07, 6.45) is 2.48. The molecule has 0 aliphatic carbocycles. The molecule has 23 heavy (non-hydrogen) atoms. The second kappa shape index (κ2) is 6.40. The average Bonchev–Trinajstić information content (AvgIpc) is 2.59. The number of nitrogens with zero attached hydrogens (tertiary/aromatic N) is 1. The molecule has 2 amide bonds. The van der Waals surface area contributed by atoms with E-state index in [9.17, 15) is 14.4 Å². The van der Waals surface area contributed by atoms with Gasteiger partial charge in [0.2, 0.25) is 11.8 Å². The monoisotopic (exact) mass is 316 g/mol. The molecule has 1 aromatic rings. The van der Waals surface area contributed by atoms with Crippen molar-refractivity contribution in [3.05, 3.63) is 29.8 Å². The molecule has 2 aliphatic heterocycles. The van der Waals surface area contributed by atoms with Crippen molar-refractivity contribution in [1.82, 2.24) is 4.90 Å². The quantitative estimate of drug-likeness (QED) is 0.842. The van der Waals surface area contributed by atoms with Crippen LogP contribution in [-0.4, -0.2) is 42.4 Å². The van der Waals surface area contributed by atoms with Crippen molar-refractivity contribution < 1.29 is 19.1 Å². The molecule has 0 saturated carbocycles. The van der Waals surface area contributed by atoms with Crippen LogP contribution >= 0.6 is 0 Å². The molecule has 2 unspecified atom stereocenters. The van der Waals surface area contributed by atoms with Crippen molar-refractivity contribution in [2.45, 2.75) is 37.6 Å². The third-order valence-electron chi connectivity index (χ3n) is 4.56. The van der Waals surface area contributed by atoms with Gasteiger partial charge < -0.3 is 15.0 Å². The normalized spacial score (nSPS) is 23.7. The lowest BCUT2D eigenvalue weighted by Gasteiger charge is -2.37. The number of benzene rings is 1. The van der Waals surface area contributed by atoms with Crippen LogP contribution < -0.4 is 5.32 Å². The molecule has 0 bridgehead atoms. The standard InChI is InChI=1S/C17H20N2O4/c1-23-17(22)14-8-4-5-9-19(14)16(21)12-10-15(20)18-13-7-3-2-6-11(12)13/h2-3,6-7,12,14H,4-5,8-10H2,1H3,(H,18,20). The molecule has 1 N–H and O–H groups in total. The molecular formula is C17H20N2O4. The Morgan fingerprint density at radius 1 is 1.26 bits per heavy atom. The van der Waals surface area contributed by atoms with Crippen LogP contribution in [0.25, 0.3) is 0 Å². The fourth-order valence-corrected chi connectivity index (χ4v) is 3.41. The van der Waals surface area contributed by atoms with E-state index in [1.807, 2.05) is 18.2 Å². The van der Waals surface area contributed by atoms with E-state index in [1.165, 1.54) is 7.11 Å². The van der Waals surface area contributed by atoms with Crippen LogP contribution in [0.3, 0.4) is 0 Å². The Kier molecular flexibility index (Phi) is 4.32. The summed E-state index contributed by atoms with van der Waals surface area (Å²) in [7, 11) is 1.34. The second-order valence-corrected chi connectivity index (χ2v) is 5.96. The van der Waals surface area contributed by atoms with E-state index in [0.29, 0.717) is 18.7 Å². The molecule has 2 aliphatic rings. The van der Waals surface area contributed by atoms with Crippen molar-refractivity contribution in [2.75, 3.05) is 19.0 Å². The highest BCUT2D eigenvalue weighted by atomic mass is 16.5. The van der Waals surface area contributed by atoms with Crippen LogP contribution in [0, 0.1) is 0 Å². The molecular weight excluding hydrogens is 296 g/mol. The molecule has 3 rings (SSSR count). The van der Waals surface area contributed by atoms with Gasteiger partial charge in [-0.05, 0) is 30.9 Å². The summed E-state index contributed by atoms with van der Waals surface area (Å²) in [5, 5.41) is 2.79. The lowest BCUT2D eigenvalue weighted by atomic mass is 9.88. The third-order valence-corrected chi connectivity index (χ3v) is 4.56. The fraction of sp³-hybridized carbons (Fsp3) is 0.471. The molecule has 1 saturated heterocycles. The predicted molar refractivity (Wildman–Crippen MR) is 83.8 cm³/mol. The average molecular weight is 316 g/mol. The van der Waals surface area contributed by atoms with Crippen LogP contribution in [0.1, 0.15) is 37.2 Å². The van der Waals surface area contributed by atoms with Gasteiger partial charge in [0.15, 0.2) is 0 Å². The molecule has 0 spiro atoms. The van der Waals surface area contributed by atoms with Gasteiger partial charge in [-0.15, -0.1) is 0 Å². The smallest absolute Gasteiger partial charge is 0.328 e. The minimum Gasteiger partial charge on any atom is -0.467 e. The minimum atomic E-state index is -0.543. The van der Waals surface area contributed by atoms with Gasteiger partial charge in [0.1, 0.15) is 6.04 Å². The molecule has 6 nitrogen and oxygen atoms in total. The van der Waals surface area contributed by atoms with Crippen molar-refractivity contribution in [3.63, 3.8) is 0 Å². The van der Waals surface area contributed by atoms with Crippen LogP contribution in [0.5, 0.6) is 0 Å². The molecule has 0 aromatic heterocycles. The Labute approximate surface area is 134 Å². The summed E-state index contributed by atoms with van der Waals surface area (Å²) in [6, 6.07) is 6.78. The number of carbonyl (C=O) groups excluding carboxylic acids is 3. The SMILES string of the molecule is COC(=O)C1CCCCN1C(=O)C1CC(=O)Nc2ccccc21. The first-order valence-electron chi connectivity index (χ1n) is 7.89. The first-order valence-corrected chi connectivity index (χ1v) is 7.89. The Bertz CT molecular complexity index is 643. The van der Waals surface area contributed by atoms with Gasteiger partial charge in [0.05, 0.1) is 13.0 Å². The number of ether oxygens (including phenoxy) is 1. The Morgan fingerprint density at radius 3 is 2.83 bits per heavy atom. The molecule has 1 fully saturated rings. The second-order valence-electron chi connectivity index (χ2n) is 5.96.